The third-order valence-corrected chi connectivity index (χ3v) is 7.27. The summed E-state index contributed by atoms with van der Waals surface area (Å²) >= 11 is 0. The summed E-state index contributed by atoms with van der Waals surface area (Å²) < 4.78 is 27.2. The molecular weight excluding hydrogens is 428 g/mol. The number of amides is 2. The molecule has 32 heavy (non-hydrogen) atoms. The molecule has 0 bridgehead atoms. The minimum Gasteiger partial charge on any atom is -0.376 e. The van der Waals surface area contributed by atoms with Crippen molar-refractivity contribution in [1.29, 1.82) is 0 Å². The molecule has 0 radical (unpaired) electrons. The van der Waals surface area contributed by atoms with E-state index in [9.17, 15) is 18.0 Å². The number of anilines is 2. The number of hydrogen-bond donors (Lipinski definition) is 2. The highest BCUT2D eigenvalue weighted by molar-refractivity contribution is 7.89. The van der Waals surface area contributed by atoms with Crippen LogP contribution in [0.3, 0.4) is 0 Å². The van der Waals surface area contributed by atoms with Gasteiger partial charge in [-0.2, -0.15) is 4.31 Å². The zero-order chi connectivity index (χ0) is 23.1. The van der Waals surface area contributed by atoms with Gasteiger partial charge in [0.2, 0.25) is 21.8 Å². The number of piperidine rings is 1. The lowest BCUT2D eigenvalue weighted by atomic mass is 10.2. The van der Waals surface area contributed by atoms with Gasteiger partial charge in [0, 0.05) is 31.5 Å². The lowest BCUT2D eigenvalue weighted by Crippen LogP contribution is -2.38. The first-order valence-electron chi connectivity index (χ1n) is 10.7. The minimum absolute atomic E-state index is 0.0540. The van der Waals surface area contributed by atoms with Gasteiger partial charge in [-0.25, -0.2) is 8.42 Å². The van der Waals surface area contributed by atoms with Crippen molar-refractivity contribution in [3.63, 3.8) is 0 Å². The van der Waals surface area contributed by atoms with Crippen LogP contribution in [0.25, 0.3) is 0 Å². The van der Waals surface area contributed by atoms with Gasteiger partial charge in [0.25, 0.3) is 0 Å². The Balaban J connectivity index is 1.53. The molecule has 0 aliphatic carbocycles. The number of carbonyl (C=O) groups excluding carboxylic acids is 2. The fraction of sp³-hybridized carbons (Fsp3) is 0.391. The van der Waals surface area contributed by atoms with E-state index < -0.39 is 10.0 Å². The standard InChI is InChI=1S/C23H30N4O4S/c1-18-9-11-19(12-10-18)25-22(28)17-26(2)23(29)16-24-20-7-6-8-21(15-20)32(30,31)27-13-4-3-5-14-27/h6-12,15,24H,3-5,13-14,16-17H2,1-2H3,(H,25,28). The quantitative estimate of drug-likeness (QED) is 0.634. The Labute approximate surface area is 189 Å². The molecule has 1 fully saturated rings. The van der Waals surface area contributed by atoms with Gasteiger partial charge in [0.1, 0.15) is 0 Å². The first kappa shape index (κ1) is 23.7. The lowest BCUT2D eigenvalue weighted by Gasteiger charge is -2.26. The molecule has 1 heterocycles. The number of aryl methyl sites for hydroxylation is 1. The van der Waals surface area contributed by atoms with Crippen molar-refractivity contribution in [3.8, 4) is 0 Å². The Morgan fingerprint density at radius 2 is 1.69 bits per heavy atom. The highest BCUT2D eigenvalue weighted by Gasteiger charge is 2.26. The van der Waals surface area contributed by atoms with Gasteiger partial charge in [-0.1, -0.05) is 30.2 Å². The molecule has 2 aromatic rings. The van der Waals surface area contributed by atoms with Crippen LogP contribution in [0.1, 0.15) is 24.8 Å². The van der Waals surface area contributed by atoms with E-state index in [1.165, 1.54) is 9.21 Å². The van der Waals surface area contributed by atoms with E-state index in [1.54, 1.807) is 31.3 Å². The summed E-state index contributed by atoms with van der Waals surface area (Å²) in [6.45, 7) is 2.89. The fourth-order valence-electron chi connectivity index (χ4n) is 3.47. The first-order chi connectivity index (χ1) is 15.3. The van der Waals surface area contributed by atoms with Crippen molar-refractivity contribution in [1.82, 2.24) is 9.21 Å². The molecule has 2 amide bonds. The van der Waals surface area contributed by atoms with Gasteiger partial charge in [-0.3, -0.25) is 9.59 Å². The van der Waals surface area contributed by atoms with E-state index in [-0.39, 0.29) is 29.8 Å². The zero-order valence-corrected chi connectivity index (χ0v) is 19.3. The van der Waals surface area contributed by atoms with E-state index in [4.69, 9.17) is 0 Å². The van der Waals surface area contributed by atoms with Crippen molar-refractivity contribution < 1.29 is 18.0 Å². The SMILES string of the molecule is Cc1ccc(NC(=O)CN(C)C(=O)CNc2cccc(S(=O)(=O)N3CCCCC3)c2)cc1. The van der Waals surface area contributed by atoms with E-state index in [0.717, 1.165) is 24.8 Å². The number of likely N-dealkylation sites (N-methyl/N-ethyl adjacent to an activating group) is 1. The van der Waals surface area contributed by atoms with Crippen LogP contribution in [-0.4, -0.2) is 62.7 Å². The fourth-order valence-corrected chi connectivity index (χ4v) is 5.04. The summed E-state index contributed by atoms with van der Waals surface area (Å²) in [6, 6.07) is 13.9. The van der Waals surface area contributed by atoms with Crippen LogP contribution in [0, 0.1) is 6.92 Å². The maximum atomic E-state index is 12.9. The molecule has 1 aliphatic rings. The van der Waals surface area contributed by atoms with E-state index in [1.807, 2.05) is 31.2 Å². The molecule has 0 unspecified atom stereocenters. The Morgan fingerprint density at radius 1 is 1.00 bits per heavy atom. The minimum atomic E-state index is -3.54. The smallest absolute Gasteiger partial charge is 0.243 e. The molecule has 1 aliphatic heterocycles. The van der Waals surface area contributed by atoms with Gasteiger partial charge in [0.05, 0.1) is 18.0 Å². The molecule has 2 aromatic carbocycles. The number of benzene rings is 2. The molecule has 0 atom stereocenters. The average molecular weight is 459 g/mol. The summed E-state index contributed by atoms with van der Waals surface area (Å²) in [7, 11) is -1.99. The van der Waals surface area contributed by atoms with Crippen LogP contribution in [0.2, 0.25) is 0 Å². The van der Waals surface area contributed by atoms with Crippen molar-refractivity contribution in [2.75, 3.05) is 43.9 Å². The van der Waals surface area contributed by atoms with Crippen LogP contribution in [0.15, 0.2) is 53.4 Å². The molecule has 8 nitrogen and oxygen atoms in total. The van der Waals surface area contributed by atoms with Crippen LogP contribution in [-0.2, 0) is 19.6 Å². The van der Waals surface area contributed by atoms with Crippen LogP contribution >= 0.6 is 0 Å². The van der Waals surface area contributed by atoms with E-state index in [2.05, 4.69) is 10.6 Å². The normalized spacial score (nSPS) is 14.6. The zero-order valence-electron chi connectivity index (χ0n) is 18.5. The topological polar surface area (TPSA) is 98.8 Å². The Bertz CT molecular complexity index is 1050. The maximum absolute atomic E-state index is 12.9. The van der Waals surface area contributed by atoms with Gasteiger partial charge >= 0.3 is 0 Å². The third-order valence-electron chi connectivity index (χ3n) is 5.37. The number of nitrogens with zero attached hydrogens (tertiary/aromatic N) is 2. The van der Waals surface area contributed by atoms with Crippen LogP contribution in [0.4, 0.5) is 11.4 Å². The molecule has 1 saturated heterocycles. The van der Waals surface area contributed by atoms with E-state index >= 15 is 0 Å². The molecule has 0 aromatic heterocycles. The maximum Gasteiger partial charge on any atom is 0.243 e. The summed E-state index contributed by atoms with van der Waals surface area (Å²) in [5.74, 6) is -0.576. The molecule has 0 saturated carbocycles. The summed E-state index contributed by atoms with van der Waals surface area (Å²) in [6.07, 6.45) is 2.79. The number of hydrogen-bond acceptors (Lipinski definition) is 5. The molecule has 0 spiro atoms. The number of rotatable bonds is 8. The van der Waals surface area contributed by atoms with E-state index in [0.29, 0.717) is 24.5 Å². The highest BCUT2D eigenvalue weighted by atomic mass is 32.2. The molecular formula is C23H30N4O4S. The first-order valence-corrected chi connectivity index (χ1v) is 12.1. The lowest BCUT2D eigenvalue weighted by molar-refractivity contribution is -0.131. The largest absolute Gasteiger partial charge is 0.376 e. The van der Waals surface area contributed by atoms with Gasteiger partial charge in [-0.15, -0.1) is 0 Å². The van der Waals surface area contributed by atoms with Crippen molar-refractivity contribution in [2.45, 2.75) is 31.1 Å². The number of carbonyl (C=O) groups is 2. The van der Waals surface area contributed by atoms with Gasteiger partial charge < -0.3 is 15.5 Å². The summed E-state index contributed by atoms with van der Waals surface area (Å²) in [5, 5.41) is 5.72. The Hall–Kier alpha value is -2.91. The second-order valence-electron chi connectivity index (χ2n) is 8.01. The third kappa shape index (κ3) is 6.30. The average Bonchev–Trinajstić information content (AvgIpc) is 2.79. The summed E-state index contributed by atoms with van der Waals surface area (Å²) in [5.41, 5.74) is 2.30. The van der Waals surface area contributed by atoms with Crippen molar-refractivity contribution in [2.24, 2.45) is 0 Å². The van der Waals surface area contributed by atoms with Crippen molar-refractivity contribution >= 4 is 33.2 Å². The predicted molar refractivity (Wildman–Crippen MR) is 125 cm³/mol. The number of nitrogens with one attached hydrogen (secondary N) is 2. The predicted octanol–water partition coefficient (Wildman–Crippen LogP) is 2.68. The second-order valence-corrected chi connectivity index (χ2v) is 9.95. The number of sulfonamides is 1. The van der Waals surface area contributed by atoms with Crippen LogP contribution in [0.5, 0.6) is 0 Å². The Morgan fingerprint density at radius 3 is 2.38 bits per heavy atom. The van der Waals surface area contributed by atoms with Crippen LogP contribution < -0.4 is 10.6 Å². The van der Waals surface area contributed by atoms with Crippen molar-refractivity contribution in [3.05, 3.63) is 54.1 Å². The molecule has 9 heteroatoms. The molecule has 3 rings (SSSR count). The van der Waals surface area contributed by atoms with Gasteiger partial charge in [-0.05, 0) is 50.1 Å². The van der Waals surface area contributed by atoms with Gasteiger partial charge in [0.15, 0.2) is 0 Å². The highest BCUT2D eigenvalue weighted by Crippen LogP contribution is 2.22. The summed E-state index contributed by atoms with van der Waals surface area (Å²) in [4.78, 5) is 26.2. The monoisotopic (exact) mass is 458 g/mol. The second kappa shape index (κ2) is 10.6. The Kier molecular flexibility index (Phi) is 7.87. The molecule has 172 valence electrons. The molecule has 2 N–H and O–H groups in total.